The minimum Gasteiger partial charge on any atom is -0.493 e. The van der Waals surface area contributed by atoms with Gasteiger partial charge in [-0.25, -0.2) is 0 Å². The predicted molar refractivity (Wildman–Crippen MR) is 98.0 cm³/mol. The van der Waals surface area contributed by atoms with Crippen molar-refractivity contribution in [1.29, 1.82) is 0 Å². The highest BCUT2D eigenvalue weighted by molar-refractivity contribution is 5.39. The predicted octanol–water partition coefficient (Wildman–Crippen LogP) is 3.41. The summed E-state index contributed by atoms with van der Waals surface area (Å²) in [5, 5.41) is 0. The minimum absolute atomic E-state index is 0.315. The van der Waals surface area contributed by atoms with E-state index in [1.54, 1.807) is 7.11 Å². The van der Waals surface area contributed by atoms with Gasteiger partial charge in [-0.1, -0.05) is 25.0 Å². The molecule has 0 amide bonds. The Morgan fingerprint density at radius 3 is 2.04 bits per heavy atom. The number of hydrogen-bond donors (Lipinski definition) is 0. The Morgan fingerprint density at radius 2 is 1.42 bits per heavy atom. The van der Waals surface area contributed by atoms with Crippen molar-refractivity contribution in [3.63, 3.8) is 0 Å². The Labute approximate surface area is 146 Å². The van der Waals surface area contributed by atoms with E-state index in [-0.39, 0.29) is 0 Å². The molecule has 2 aliphatic rings. The number of nitrogens with zero attached hydrogens (tertiary/aromatic N) is 2. The summed E-state index contributed by atoms with van der Waals surface area (Å²) in [4.78, 5) is 5.26. The molecular formula is C20H32N2O2. The maximum atomic E-state index is 6.17. The molecule has 0 radical (unpaired) electrons. The quantitative estimate of drug-likeness (QED) is 0.797. The molecule has 3 rings (SSSR count). The number of ether oxygens (including phenoxy) is 2. The first-order valence-electron chi connectivity index (χ1n) is 9.59. The van der Waals surface area contributed by atoms with Crippen molar-refractivity contribution in [1.82, 2.24) is 9.80 Å². The first kappa shape index (κ1) is 17.6. The average Bonchev–Trinajstić information content (AvgIpc) is 2.90. The molecule has 2 saturated heterocycles. The maximum absolute atomic E-state index is 6.17. The van der Waals surface area contributed by atoms with Gasteiger partial charge in [0.2, 0.25) is 0 Å². The lowest BCUT2D eigenvalue weighted by Gasteiger charge is -2.33. The Kier molecular flexibility index (Phi) is 6.79. The molecule has 0 atom stereocenters. The number of piperidine rings is 1. The van der Waals surface area contributed by atoms with Crippen LogP contribution in [0.25, 0.3) is 0 Å². The van der Waals surface area contributed by atoms with Crippen LogP contribution in [-0.4, -0.2) is 62.3 Å². The molecule has 0 N–H and O–H groups in total. The van der Waals surface area contributed by atoms with Crippen molar-refractivity contribution in [3.8, 4) is 11.5 Å². The molecule has 4 nitrogen and oxygen atoms in total. The Bertz CT molecular complexity index is 478. The number of likely N-dealkylation sites (tertiary alicyclic amines) is 2. The lowest BCUT2D eigenvalue weighted by molar-refractivity contribution is 0.0909. The largest absolute Gasteiger partial charge is 0.493 e. The van der Waals surface area contributed by atoms with Gasteiger partial charge in [0.05, 0.1) is 7.11 Å². The van der Waals surface area contributed by atoms with E-state index in [0.29, 0.717) is 6.10 Å². The molecule has 0 unspecified atom stereocenters. The van der Waals surface area contributed by atoms with Gasteiger partial charge in [0.25, 0.3) is 0 Å². The van der Waals surface area contributed by atoms with Gasteiger partial charge in [-0.05, 0) is 50.9 Å². The Morgan fingerprint density at radius 1 is 0.833 bits per heavy atom. The van der Waals surface area contributed by atoms with Crippen molar-refractivity contribution < 1.29 is 9.47 Å². The molecular weight excluding hydrogens is 300 g/mol. The van der Waals surface area contributed by atoms with Gasteiger partial charge in [-0.2, -0.15) is 0 Å². The summed E-state index contributed by atoms with van der Waals surface area (Å²) < 4.78 is 11.6. The van der Waals surface area contributed by atoms with E-state index < -0.39 is 0 Å². The number of rotatable bonds is 6. The van der Waals surface area contributed by atoms with E-state index in [1.807, 2.05) is 24.3 Å². The number of hydrogen-bond acceptors (Lipinski definition) is 4. The third-order valence-electron chi connectivity index (χ3n) is 5.33. The summed E-state index contributed by atoms with van der Waals surface area (Å²) in [7, 11) is 1.70. The van der Waals surface area contributed by atoms with Crippen molar-refractivity contribution >= 4 is 0 Å². The molecule has 0 bridgehead atoms. The van der Waals surface area contributed by atoms with E-state index in [9.17, 15) is 0 Å². The molecule has 1 aromatic carbocycles. The van der Waals surface area contributed by atoms with Crippen LogP contribution in [-0.2, 0) is 0 Å². The van der Waals surface area contributed by atoms with Gasteiger partial charge in [0.15, 0.2) is 11.5 Å². The average molecular weight is 332 g/mol. The van der Waals surface area contributed by atoms with Crippen LogP contribution in [0.3, 0.4) is 0 Å². The molecule has 0 spiro atoms. The fourth-order valence-electron chi connectivity index (χ4n) is 3.79. The zero-order valence-corrected chi connectivity index (χ0v) is 15.1. The maximum Gasteiger partial charge on any atom is 0.161 e. The van der Waals surface area contributed by atoms with Crippen molar-refractivity contribution in [2.45, 2.75) is 44.6 Å². The lowest BCUT2D eigenvalue weighted by Crippen LogP contribution is -2.42. The summed E-state index contributed by atoms with van der Waals surface area (Å²) in [6, 6.07) is 7.96. The molecule has 2 heterocycles. The number of benzene rings is 1. The molecule has 4 heteroatoms. The van der Waals surface area contributed by atoms with E-state index in [1.165, 1.54) is 51.9 Å². The second kappa shape index (κ2) is 9.28. The van der Waals surface area contributed by atoms with Crippen LogP contribution in [0, 0.1) is 0 Å². The molecule has 1 aromatic rings. The fourth-order valence-corrected chi connectivity index (χ4v) is 3.79. The first-order chi connectivity index (χ1) is 11.8. The monoisotopic (exact) mass is 332 g/mol. The van der Waals surface area contributed by atoms with Gasteiger partial charge < -0.3 is 19.3 Å². The van der Waals surface area contributed by atoms with Crippen LogP contribution >= 0.6 is 0 Å². The van der Waals surface area contributed by atoms with Gasteiger partial charge in [0.1, 0.15) is 6.10 Å². The molecule has 24 heavy (non-hydrogen) atoms. The highest BCUT2D eigenvalue weighted by atomic mass is 16.5. The molecule has 0 aliphatic carbocycles. The van der Waals surface area contributed by atoms with Gasteiger partial charge in [-0.3, -0.25) is 0 Å². The Balaban J connectivity index is 1.39. The van der Waals surface area contributed by atoms with Gasteiger partial charge in [0, 0.05) is 26.2 Å². The SMILES string of the molecule is COc1ccccc1OC1CCN(CCN2CCCCCC2)CC1. The number of para-hydroxylation sites is 2. The van der Waals surface area contributed by atoms with Crippen molar-refractivity contribution in [2.75, 3.05) is 46.4 Å². The van der Waals surface area contributed by atoms with Crippen LogP contribution in [0.15, 0.2) is 24.3 Å². The van der Waals surface area contributed by atoms with Gasteiger partial charge >= 0.3 is 0 Å². The summed E-state index contributed by atoms with van der Waals surface area (Å²) in [6.45, 7) is 7.33. The third kappa shape index (κ3) is 5.12. The molecule has 2 aliphatic heterocycles. The first-order valence-corrected chi connectivity index (χ1v) is 9.59. The zero-order chi connectivity index (χ0) is 16.6. The van der Waals surface area contributed by atoms with Crippen LogP contribution < -0.4 is 9.47 Å². The lowest BCUT2D eigenvalue weighted by atomic mass is 10.1. The standard InChI is InChI=1S/C20H32N2O2/c1-23-19-8-4-5-9-20(19)24-18-10-14-22(15-11-18)17-16-21-12-6-2-3-7-13-21/h4-5,8-9,18H,2-3,6-7,10-17H2,1H3. The van der Waals surface area contributed by atoms with Gasteiger partial charge in [-0.15, -0.1) is 0 Å². The van der Waals surface area contributed by atoms with Crippen LogP contribution in [0.5, 0.6) is 11.5 Å². The zero-order valence-electron chi connectivity index (χ0n) is 15.1. The minimum atomic E-state index is 0.315. The highest BCUT2D eigenvalue weighted by Gasteiger charge is 2.22. The molecule has 0 aromatic heterocycles. The molecule has 0 saturated carbocycles. The third-order valence-corrected chi connectivity index (χ3v) is 5.33. The van der Waals surface area contributed by atoms with E-state index >= 15 is 0 Å². The Hall–Kier alpha value is -1.26. The van der Waals surface area contributed by atoms with E-state index in [0.717, 1.165) is 37.4 Å². The van der Waals surface area contributed by atoms with Crippen molar-refractivity contribution in [3.05, 3.63) is 24.3 Å². The van der Waals surface area contributed by atoms with Crippen molar-refractivity contribution in [2.24, 2.45) is 0 Å². The summed E-state index contributed by atoms with van der Waals surface area (Å²) in [6.07, 6.45) is 8.14. The molecule has 2 fully saturated rings. The summed E-state index contributed by atoms with van der Waals surface area (Å²) in [5.74, 6) is 1.71. The normalized spacial score (nSPS) is 21.4. The summed E-state index contributed by atoms with van der Waals surface area (Å²) in [5.41, 5.74) is 0. The van der Waals surface area contributed by atoms with Crippen LogP contribution in [0.1, 0.15) is 38.5 Å². The molecule has 134 valence electrons. The topological polar surface area (TPSA) is 24.9 Å². The van der Waals surface area contributed by atoms with E-state index in [4.69, 9.17) is 9.47 Å². The summed E-state index contributed by atoms with van der Waals surface area (Å²) >= 11 is 0. The van der Waals surface area contributed by atoms with E-state index in [2.05, 4.69) is 9.80 Å². The highest BCUT2D eigenvalue weighted by Crippen LogP contribution is 2.28. The smallest absolute Gasteiger partial charge is 0.161 e. The fraction of sp³-hybridized carbons (Fsp3) is 0.700. The van der Waals surface area contributed by atoms with Crippen LogP contribution in [0.2, 0.25) is 0 Å². The second-order valence-corrected chi connectivity index (χ2v) is 7.07. The second-order valence-electron chi connectivity index (χ2n) is 7.07. The van der Waals surface area contributed by atoms with Crippen LogP contribution in [0.4, 0.5) is 0 Å². The number of methoxy groups -OCH3 is 1.